The quantitative estimate of drug-likeness (QED) is 0.817. The van der Waals surface area contributed by atoms with Gasteiger partial charge in [-0.1, -0.05) is 32.8 Å². The van der Waals surface area contributed by atoms with E-state index < -0.39 is 0 Å². The Morgan fingerprint density at radius 2 is 2.05 bits per heavy atom. The molecule has 112 valence electrons. The van der Waals surface area contributed by atoms with E-state index in [1.54, 1.807) is 0 Å². The SMILES string of the molecule is CCNc1ccc(CN(CC(C)C)C2CCCC2)cn1. The van der Waals surface area contributed by atoms with Gasteiger partial charge in [0, 0.05) is 31.9 Å². The molecule has 1 saturated carbocycles. The van der Waals surface area contributed by atoms with E-state index in [-0.39, 0.29) is 0 Å². The van der Waals surface area contributed by atoms with E-state index in [2.05, 4.69) is 48.1 Å². The first-order valence-corrected chi connectivity index (χ1v) is 8.12. The number of aromatic nitrogens is 1. The second kappa shape index (κ2) is 7.63. The molecule has 3 nitrogen and oxygen atoms in total. The minimum atomic E-state index is 0.726. The van der Waals surface area contributed by atoms with Crippen LogP contribution in [0.5, 0.6) is 0 Å². The summed E-state index contributed by atoms with van der Waals surface area (Å²) in [5.41, 5.74) is 1.33. The number of rotatable bonds is 7. The van der Waals surface area contributed by atoms with Gasteiger partial charge in [0.05, 0.1) is 0 Å². The smallest absolute Gasteiger partial charge is 0.125 e. The van der Waals surface area contributed by atoms with Crippen LogP contribution in [0, 0.1) is 5.92 Å². The number of hydrogen-bond donors (Lipinski definition) is 1. The zero-order valence-electron chi connectivity index (χ0n) is 13.2. The van der Waals surface area contributed by atoms with Crippen LogP contribution in [-0.2, 0) is 6.54 Å². The molecule has 0 radical (unpaired) electrons. The molecule has 0 saturated heterocycles. The van der Waals surface area contributed by atoms with Gasteiger partial charge in [0.1, 0.15) is 5.82 Å². The van der Waals surface area contributed by atoms with Crippen molar-refractivity contribution < 1.29 is 0 Å². The molecule has 0 bridgehead atoms. The van der Waals surface area contributed by atoms with Crippen molar-refractivity contribution in [3.8, 4) is 0 Å². The van der Waals surface area contributed by atoms with Crippen LogP contribution in [0.4, 0.5) is 5.82 Å². The zero-order chi connectivity index (χ0) is 14.4. The Kier molecular flexibility index (Phi) is 5.84. The Morgan fingerprint density at radius 1 is 1.30 bits per heavy atom. The molecular weight excluding hydrogens is 246 g/mol. The summed E-state index contributed by atoms with van der Waals surface area (Å²) in [7, 11) is 0. The van der Waals surface area contributed by atoms with Crippen LogP contribution in [-0.4, -0.2) is 29.0 Å². The van der Waals surface area contributed by atoms with Crippen molar-refractivity contribution in [2.75, 3.05) is 18.4 Å². The third-order valence-corrected chi connectivity index (χ3v) is 4.01. The molecule has 0 amide bonds. The van der Waals surface area contributed by atoms with Crippen molar-refractivity contribution in [3.05, 3.63) is 23.9 Å². The highest BCUT2D eigenvalue weighted by Crippen LogP contribution is 2.25. The molecule has 1 aliphatic rings. The summed E-state index contributed by atoms with van der Waals surface area (Å²) >= 11 is 0. The fraction of sp³-hybridized carbons (Fsp3) is 0.706. The van der Waals surface area contributed by atoms with Gasteiger partial charge in [0.25, 0.3) is 0 Å². The second-order valence-corrected chi connectivity index (χ2v) is 6.34. The number of nitrogens with one attached hydrogen (secondary N) is 1. The van der Waals surface area contributed by atoms with Crippen LogP contribution in [0.15, 0.2) is 18.3 Å². The van der Waals surface area contributed by atoms with Gasteiger partial charge in [-0.15, -0.1) is 0 Å². The maximum Gasteiger partial charge on any atom is 0.125 e. The van der Waals surface area contributed by atoms with Gasteiger partial charge in [-0.05, 0) is 37.3 Å². The first-order chi connectivity index (χ1) is 9.69. The molecular formula is C17H29N3. The highest BCUT2D eigenvalue weighted by Gasteiger charge is 2.23. The van der Waals surface area contributed by atoms with Crippen LogP contribution in [0.1, 0.15) is 52.0 Å². The minimum absolute atomic E-state index is 0.726. The minimum Gasteiger partial charge on any atom is -0.370 e. The summed E-state index contributed by atoms with van der Waals surface area (Å²) in [6.07, 6.45) is 7.57. The van der Waals surface area contributed by atoms with Crippen LogP contribution < -0.4 is 5.32 Å². The number of pyridine rings is 1. The van der Waals surface area contributed by atoms with E-state index in [1.165, 1.54) is 37.8 Å². The van der Waals surface area contributed by atoms with Crippen molar-refractivity contribution >= 4 is 5.82 Å². The molecule has 20 heavy (non-hydrogen) atoms. The normalized spacial score (nSPS) is 16.2. The molecule has 1 aromatic rings. The third-order valence-electron chi connectivity index (χ3n) is 4.01. The summed E-state index contributed by atoms with van der Waals surface area (Å²) in [6.45, 7) is 9.89. The van der Waals surface area contributed by atoms with Gasteiger partial charge in [-0.25, -0.2) is 4.98 Å². The Bertz CT molecular complexity index is 380. The average Bonchev–Trinajstić information content (AvgIpc) is 2.94. The van der Waals surface area contributed by atoms with Crippen LogP contribution >= 0.6 is 0 Å². The predicted octanol–water partition coefficient (Wildman–Crippen LogP) is 3.91. The molecule has 0 aliphatic heterocycles. The first-order valence-electron chi connectivity index (χ1n) is 8.12. The summed E-state index contributed by atoms with van der Waals surface area (Å²) < 4.78 is 0. The molecule has 0 unspecified atom stereocenters. The maximum atomic E-state index is 4.49. The van der Waals surface area contributed by atoms with Gasteiger partial charge in [-0.3, -0.25) is 4.90 Å². The predicted molar refractivity (Wildman–Crippen MR) is 85.9 cm³/mol. The van der Waals surface area contributed by atoms with E-state index in [1.807, 2.05) is 6.20 Å². The second-order valence-electron chi connectivity index (χ2n) is 6.34. The monoisotopic (exact) mass is 275 g/mol. The van der Waals surface area contributed by atoms with Crippen molar-refractivity contribution in [1.82, 2.24) is 9.88 Å². The molecule has 1 fully saturated rings. The maximum absolute atomic E-state index is 4.49. The lowest BCUT2D eigenvalue weighted by molar-refractivity contribution is 0.168. The fourth-order valence-corrected chi connectivity index (χ4v) is 3.12. The standard InChI is InChI=1S/C17H29N3/c1-4-18-17-10-9-15(11-19-17)13-20(12-14(2)3)16-7-5-6-8-16/h9-11,14,16H,4-8,12-13H2,1-3H3,(H,18,19). The molecule has 2 rings (SSSR count). The Morgan fingerprint density at radius 3 is 2.60 bits per heavy atom. The lowest BCUT2D eigenvalue weighted by Crippen LogP contribution is -2.35. The lowest BCUT2D eigenvalue weighted by Gasteiger charge is -2.30. The molecule has 1 N–H and O–H groups in total. The molecule has 0 spiro atoms. The summed E-state index contributed by atoms with van der Waals surface area (Å²) in [6, 6.07) is 5.10. The molecule has 1 aromatic heterocycles. The lowest BCUT2D eigenvalue weighted by atomic mass is 10.1. The zero-order valence-corrected chi connectivity index (χ0v) is 13.2. The Hall–Kier alpha value is -1.09. The number of nitrogens with zero attached hydrogens (tertiary/aromatic N) is 2. The Labute approximate surface area is 123 Å². The largest absolute Gasteiger partial charge is 0.370 e. The number of hydrogen-bond acceptors (Lipinski definition) is 3. The van der Waals surface area contributed by atoms with Gasteiger partial charge in [-0.2, -0.15) is 0 Å². The molecule has 1 heterocycles. The van der Waals surface area contributed by atoms with Gasteiger partial charge in [0.15, 0.2) is 0 Å². The van der Waals surface area contributed by atoms with Crippen LogP contribution in [0.2, 0.25) is 0 Å². The van der Waals surface area contributed by atoms with Crippen LogP contribution in [0.3, 0.4) is 0 Å². The van der Waals surface area contributed by atoms with Gasteiger partial charge >= 0.3 is 0 Å². The summed E-state index contributed by atoms with van der Waals surface area (Å²) in [4.78, 5) is 7.16. The van der Waals surface area contributed by atoms with E-state index in [0.717, 1.165) is 30.9 Å². The fourth-order valence-electron chi connectivity index (χ4n) is 3.12. The highest BCUT2D eigenvalue weighted by molar-refractivity contribution is 5.35. The van der Waals surface area contributed by atoms with Gasteiger partial charge < -0.3 is 5.32 Å². The molecule has 1 aliphatic carbocycles. The topological polar surface area (TPSA) is 28.2 Å². The first kappa shape index (κ1) is 15.3. The molecule has 3 heteroatoms. The highest BCUT2D eigenvalue weighted by atomic mass is 15.2. The average molecular weight is 275 g/mol. The van der Waals surface area contributed by atoms with E-state index in [4.69, 9.17) is 0 Å². The van der Waals surface area contributed by atoms with Crippen LogP contribution in [0.25, 0.3) is 0 Å². The number of anilines is 1. The third kappa shape index (κ3) is 4.48. The van der Waals surface area contributed by atoms with Crippen molar-refractivity contribution in [3.63, 3.8) is 0 Å². The summed E-state index contributed by atoms with van der Waals surface area (Å²) in [5.74, 6) is 1.71. The van der Waals surface area contributed by atoms with Crippen molar-refractivity contribution in [2.24, 2.45) is 5.92 Å². The van der Waals surface area contributed by atoms with E-state index >= 15 is 0 Å². The summed E-state index contributed by atoms with van der Waals surface area (Å²) in [5, 5.41) is 3.25. The van der Waals surface area contributed by atoms with Crippen molar-refractivity contribution in [2.45, 2.75) is 59.0 Å². The molecule has 0 atom stereocenters. The van der Waals surface area contributed by atoms with Gasteiger partial charge in [0.2, 0.25) is 0 Å². The Balaban J connectivity index is 1.98. The van der Waals surface area contributed by atoms with E-state index in [0.29, 0.717) is 0 Å². The van der Waals surface area contributed by atoms with E-state index in [9.17, 15) is 0 Å². The molecule has 0 aromatic carbocycles. The van der Waals surface area contributed by atoms with Crippen molar-refractivity contribution in [1.29, 1.82) is 0 Å².